The van der Waals surface area contributed by atoms with Gasteiger partial charge in [-0.1, -0.05) is 18.2 Å². The lowest BCUT2D eigenvalue weighted by Gasteiger charge is -2.21. The van der Waals surface area contributed by atoms with Crippen LogP contribution in [-0.2, 0) is 57.2 Å². The number of esters is 6. The maximum Gasteiger partial charge on any atom is 0.344 e. The van der Waals surface area contributed by atoms with E-state index in [0.717, 1.165) is 0 Å². The van der Waals surface area contributed by atoms with E-state index >= 15 is 0 Å². The maximum atomic E-state index is 12.6. The second kappa shape index (κ2) is 27.0. The van der Waals surface area contributed by atoms with Crippen molar-refractivity contribution in [2.75, 3.05) is 79.3 Å². The molecule has 0 aliphatic carbocycles. The number of ether oxygens (including phenoxy) is 12. The van der Waals surface area contributed by atoms with Gasteiger partial charge in [0, 0.05) is 0 Å². The molecule has 66 heavy (non-hydrogen) atoms. The molecule has 0 fully saturated rings. The van der Waals surface area contributed by atoms with E-state index in [1.54, 1.807) is 114 Å². The number of hydrogen-bond acceptors (Lipinski definition) is 18. The van der Waals surface area contributed by atoms with Crippen molar-refractivity contribution in [3.05, 3.63) is 72.8 Å². The van der Waals surface area contributed by atoms with Gasteiger partial charge >= 0.3 is 35.8 Å². The summed E-state index contributed by atoms with van der Waals surface area (Å²) in [6.45, 7) is 7.41. The summed E-state index contributed by atoms with van der Waals surface area (Å²) in [6, 6.07) is 19.3. The molecule has 0 N–H and O–H groups in total. The van der Waals surface area contributed by atoms with E-state index in [0.29, 0.717) is 16.7 Å². The summed E-state index contributed by atoms with van der Waals surface area (Å²) in [5, 5.41) is 0. The molecule has 0 amide bonds. The molecule has 0 unspecified atom stereocenters. The van der Waals surface area contributed by atoms with E-state index in [2.05, 4.69) is 0 Å². The molecule has 4 aromatic rings. The van der Waals surface area contributed by atoms with Crippen LogP contribution in [0.15, 0.2) is 72.8 Å². The van der Waals surface area contributed by atoms with Crippen molar-refractivity contribution in [2.45, 2.75) is 41.5 Å². The molecule has 0 aromatic heterocycles. The van der Waals surface area contributed by atoms with Gasteiger partial charge in [0.25, 0.3) is 0 Å². The number of hydrogen-bond donors (Lipinski definition) is 0. The molecule has 0 saturated heterocycles. The summed E-state index contributed by atoms with van der Waals surface area (Å²) in [4.78, 5) is 75.8. The summed E-state index contributed by atoms with van der Waals surface area (Å²) < 4.78 is 67.2. The molecular weight excluding hydrogens is 865 g/mol. The van der Waals surface area contributed by atoms with Gasteiger partial charge < -0.3 is 56.8 Å². The first-order valence-electron chi connectivity index (χ1n) is 21.2. The molecule has 4 rings (SSSR count). The minimum atomic E-state index is -0.664. The molecule has 0 bridgehead atoms. The molecule has 4 aromatic carbocycles. The number of benzene rings is 4. The molecule has 0 heterocycles. The SMILES string of the molecule is CCOC(=O)COc1cccc(OCC(=O)OCC)c1-c1cc(-c2c(OCC(=O)OCC)cccc2OCC(=O)OCC)cc(-c2c(OCC(=O)OCC)cccc2OCC(=O)OCC)c1. The van der Waals surface area contributed by atoms with Crippen LogP contribution in [0.2, 0.25) is 0 Å². The summed E-state index contributed by atoms with van der Waals surface area (Å²) in [5.41, 5.74) is 1.63. The number of rotatable bonds is 27. The molecule has 354 valence electrons. The normalized spacial score (nSPS) is 10.5. The molecule has 0 saturated carbocycles. The van der Waals surface area contributed by atoms with Crippen molar-refractivity contribution in [2.24, 2.45) is 0 Å². The Hall–Kier alpha value is -7.50. The lowest BCUT2D eigenvalue weighted by atomic mass is 9.91. The smallest absolute Gasteiger partial charge is 0.344 e. The Morgan fingerprint density at radius 3 is 0.621 bits per heavy atom. The Kier molecular flexibility index (Phi) is 20.9. The topological polar surface area (TPSA) is 213 Å². The van der Waals surface area contributed by atoms with Gasteiger partial charge in [0.05, 0.1) is 56.3 Å². The fraction of sp³-hybridized carbons (Fsp3) is 0.375. The van der Waals surface area contributed by atoms with E-state index in [4.69, 9.17) is 56.8 Å². The quantitative estimate of drug-likeness (QED) is 0.0471. The van der Waals surface area contributed by atoms with Crippen molar-refractivity contribution < 1.29 is 85.6 Å². The summed E-state index contributed by atoms with van der Waals surface area (Å²) >= 11 is 0. The Balaban J connectivity index is 2.14. The van der Waals surface area contributed by atoms with E-state index in [-0.39, 0.29) is 90.8 Å². The highest BCUT2D eigenvalue weighted by Crippen LogP contribution is 2.48. The van der Waals surface area contributed by atoms with Gasteiger partial charge in [-0.25, -0.2) is 28.8 Å². The van der Waals surface area contributed by atoms with Crippen LogP contribution in [0.5, 0.6) is 34.5 Å². The van der Waals surface area contributed by atoms with E-state index in [9.17, 15) is 28.8 Å². The first-order chi connectivity index (χ1) is 32.0. The second-order valence-electron chi connectivity index (χ2n) is 13.2. The van der Waals surface area contributed by atoms with Crippen molar-refractivity contribution >= 4 is 35.8 Å². The lowest BCUT2D eigenvalue weighted by Crippen LogP contribution is -2.17. The Morgan fingerprint density at radius 1 is 0.303 bits per heavy atom. The lowest BCUT2D eigenvalue weighted by molar-refractivity contribution is -0.146. The Labute approximate surface area is 382 Å². The van der Waals surface area contributed by atoms with Crippen LogP contribution in [-0.4, -0.2) is 115 Å². The van der Waals surface area contributed by atoms with Crippen LogP contribution in [0.1, 0.15) is 41.5 Å². The molecule has 18 nitrogen and oxygen atoms in total. The average molecular weight is 919 g/mol. The standard InChI is InChI=1S/C48H54O18/c1-7-55-40(49)25-61-34-16-13-17-35(62-26-41(50)56-8-2)46(34)31-22-32(47-36(63-27-42(51)57-9-3)18-14-19-37(47)64-28-43(52)58-10-4)24-33(23-31)48-38(65-29-44(53)59-11-5)20-15-21-39(48)66-30-45(54)60-12-6/h13-24H,7-12,25-30H2,1-6H3. The van der Waals surface area contributed by atoms with Gasteiger partial charge in [-0.05, 0) is 113 Å². The predicted molar refractivity (Wildman–Crippen MR) is 236 cm³/mol. The van der Waals surface area contributed by atoms with Crippen molar-refractivity contribution in [3.63, 3.8) is 0 Å². The minimum absolute atomic E-state index is 0.0968. The van der Waals surface area contributed by atoms with Gasteiger partial charge in [0.15, 0.2) is 39.6 Å². The first kappa shape index (κ1) is 51.1. The van der Waals surface area contributed by atoms with E-state index < -0.39 is 75.5 Å². The van der Waals surface area contributed by atoms with Crippen LogP contribution in [0.4, 0.5) is 0 Å². The number of carbonyl (C=O) groups is 6. The van der Waals surface area contributed by atoms with Crippen LogP contribution in [0, 0.1) is 0 Å². The predicted octanol–water partition coefficient (Wildman–Crippen LogP) is 6.34. The fourth-order valence-corrected chi connectivity index (χ4v) is 6.20. The van der Waals surface area contributed by atoms with Gasteiger partial charge in [0.2, 0.25) is 0 Å². The van der Waals surface area contributed by atoms with Gasteiger partial charge in [-0.3, -0.25) is 0 Å². The van der Waals surface area contributed by atoms with Crippen molar-refractivity contribution in [1.82, 2.24) is 0 Å². The summed E-state index contributed by atoms with van der Waals surface area (Å²) in [7, 11) is 0. The molecule has 18 heteroatoms. The third-order valence-corrected chi connectivity index (χ3v) is 8.67. The highest BCUT2D eigenvalue weighted by Gasteiger charge is 2.25. The third kappa shape index (κ3) is 15.3. The Bertz CT molecular complexity index is 1900. The zero-order valence-electron chi connectivity index (χ0n) is 37.8. The van der Waals surface area contributed by atoms with E-state index in [1.165, 1.54) is 0 Å². The molecule has 0 atom stereocenters. The highest BCUT2D eigenvalue weighted by atomic mass is 16.6. The van der Waals surface area contributed by atoms with Gasteiger partial charge in [0.1, 0.15) is 34.5 Å². The van der Waals surface area contributed by atoms with Crippen molar-refractivity contribution in [1.29, 1.82) is 0 Å². The third-order valence-electron chi connectivity index (χ3n) is 8.67. The maximum absolute atomic E-state index is 12.6. The number of carbonyl (C=O) groups excluding carboxylic acids is 6. The molecule has 0 radical (unpaired) electrons. The summed E-state index contributed by atoms with van der Waals surface area (Å²) in [5.74, 6) is -3.30. The second-order valence-corrected chi connectivity index (χ2v) is 13.2. The average Bonchev–Trinajstić information content (AvgIpc) is 3.30. The van der Waals surface area contributed by atoms with Crippen LogP contribution < -0.4 is 28.4 Å². The van der Waals surface area contributed by atoms with Crippen LogP contribution in [0.3, 0.4) is 0 Å². The zero-order chi connectivity index (χ0) is 47.8. The van der Waals surface area contributed by atoms with Crippen molar-refractivity contribution in [3.8, 4) is 67.9 Å². The highest BCUT2D eigenvalue weighted by molar-refractivity contribution is 5.91. The minimum Gasteiger partial charge on any atom is -0.481 e. The largest absolute Gasteiger partial charge is 0.481 e. The zero-order valence-corrected chi connectivity index (χ0v) is 37.8. The Morgan fingerprint density at radius 2 is 0.470 bits per heavy atom. The molecule has 0 aliphatic rings. The van der Waals surface area contributed by atoms with Gasteiger partial charge in [-0.2, -0.15) is 0 Å². The molecular formula is C48H54O18. The fourth-order valence-electron chi connectivity index (χ4n) is 6.20. The molecule has 0 spiro atoms. The monoisotopic (exact) mass is 918 g/mol. The first-order valence-corrected chi connectivity index (χ1v) is 21.2. The van der Waals surface area contributed by atoms with Crippen LogP contribution >= 0.6 is 0 Å². The summed E-state index contributed by atoms with van der Waals surface area (Å²) in [6.07, 6.45) is 0. The van der Waals surface area contributed by atoms with Crippen LogP contribution in [0.25, 0.3) is 33.4 Å². The molecule has 0 aliphatic heterocycles. The van der Waals surface area contributed by atoms with E-state index in [1.807, 2.05) is 0 Å². The van der Waals surface area contributed by atoms with Gasteiger partial charge in [-0.15, -0.1) is 0 Å².